The molecule has 5 rings (SSSR count). The first-order valence-electron chi connectivity index (χ1n) is 10.9. The quantitative estimate of drug-likeness (QED) is 0.260. The molecule has 0 spiro atoms. The summed E-state index contributed by atoms with van der Waals surface area (Å²) >= 11 is 3.69. The van der Waals surface area contributed by atoms with Crippen molar-refractivity contribution in [2.24, 2.45) is 16.1 Å². The number of nitrogens with one attached hydrogen (secondary N) is 1. The third-order valence-corrected chi connectivity index (χ3v) is 9.76. The van der Waals surface area contributed by atoms with Crippen LogP contribution in [-0.2, 0) is 19.2 Å². The Bertz CT molecular complexity index is 1290. The van der Waals surface area contributed by atoms with E-state index in [2.05, 4.69) is 15.5 Å². The van der Waals surface area contributed by atoms with Gasteiger partial charge >= 0.3 is 17.8 Å². The number of nitrogens with zero attached hydrogens (tertiary/aromatic N) is 6. The van der Waals surface area contributed by atoms with Crippen molar-refractivity contribution in [1.82, 2.24) is 25.6 Å². The van der Waals surface area contributed by atoms with Crippen LogP contribution < -0.4 is 16.2 Å². The number of thiazole rings is 1. The van der Waals surface area contributed by atoms with Gasteiger partial charge in [0.25, 0.3) is 0 Å². The van der Waals surface area contributed by atoms with Gasteiger partial charge < -0.3 is 15.7 Å². The van der Waals surface area contributed by atoms with Gasteiger partial charge in [-0.15, -0.1) is 52.8 Å². The van der Waals surface area contributed by atoms with E-state index in [0.717, 1.165) is 10.1 Å². The zero-order valence-electron chi connectivity index (χ0n) is 19.9. The highest BCUT2D eigenvalue weighted by Crippen LogP contribution is 2.47. The fourth-order valence-corrected chi connectivity index (χ4v) is 7.82. The van der Waals surface area contributed by atoms with Crippen molar-refractivity contribution >= 4 is 82.5 Å². The van der Waals surface area contributed by atoms with E-state index in [1.165, 1.54) is 50.7 Å². The second-order valence-corrected chi connectivity index (χ2v) is 11.6. The molecule has 5 N–H and O–H groups in total. The van der Waals surface area contributed by atoms with Crippen molar-refractivity contribution in [2.45, 2.75) is 25.3 Å². The van der Waals surface area contributed by atoms with Gasteiger partial charge in [-0.1, -0.05) is 0 Å². The van der Waals surface area contributed by atoms with E-state index in [-0.39, 0.29) is 36.3 Å². The summed E-state index contributed by atoms with van der Waals surface area (Å²) in [4.78, 5) is 60.8. The minimum atomic E-state index is -1.29. The average Bonchev–Trinajstić information content (AvgIpc) is 3.49. The third kappa shape index (κ3) is 4.52. The Morgan fingerprint density at radius 3 is 2.74 bits per heavy atom. The molecule has 4 aliphatic heterocycles. The van der Waals surface area contributed by atoms with Crippen LogP contribution in [0.1, 0.15) is 13.8 Å². The lowest BCUT2D eigenvalue weighted by Crippen LogP contribution is -2.75. The monoisotopic (exact) mass is 602 g/mol. The number of halogens is 1. The minimum absolute atomic E-state index is 0. The normalized spacial score (nSPS) is 26.1. The highest BCUT2D eigenvalue weighted by atomic mass is 35.5. The predicted molar refractivity (Wildman–Crippen MR) is 143 cm³/mol. The average molecular weight is 603 g/mol. The Kier molecular flexibility index (Phi) is 7.70. The molecule has 0 bridgehead atoms. The lowest BCUT2D eigenvalue weighted by molar-refractivity contribution is -0.156. The van der Waals surface area contributed by atoms with Gasteiger partial charge in [0.15, 0.2) is 5.82 Å². The standard InChI is InChI=1S/C20H22N8O6S3.ClH/c1-9-3-12(27-15(23-9)10(2)28(34)24-27)36-6-20(19(32)33)5-25-16(30)13(18(25)37-7-20)26(17(31)14(21)29)11-4-35-8-22-11;/h3-4,8,13,18,24,34H,5-7H2,1-2H3,(H2,21,29)(H,32,33);1H/t13?,18-,20?;/m1./s1. The van der Waals surface area contributed by atoms with Crippen LogP contribution in [0.4, 0.5) is 5.82 Å². The number of carboxylic acids is 1. The molecule has 3 atom stereocenters. The summed E-state index contributed by atoms with van der Waals surface area (Å²) < 4.78 is 0. The number of carbonyl (C=O) groups is 4. The molecule has 0 aromatic carbocycles. The number of amides is 3. The molecule has 38 heavy (non-hydrogen) atoms. The second kappa shape index (κ2) is 10.4. The van der Waals surface area contributed by atoms with E-state index in [0.29, 0.717) is 22.3 Å². The maximum absolute atomic E-state index is 13.2. The number of carboxylic acid groups (broad SMARTS) is 1. The summed E-state index contributed by atoms with van der Waals surface area (Å²) in [5.74, 6) is -2.86. The number of aromatic nitrogens is 1. The zero-order chi connectivity index (χ0) is 26.6. The number of hydrogen-bond donors (Lipinski definition) is 4. The number of allylic oxidation sites excluding steroid dienone is 2. The molecule has 0 aliphatic carbocycles. The van der Waals surface area contributed by atoms with Gasteiger partial charge in [0.1, 0.15) is 28.3 Å². The van der Waals surface area contributed by atoms with E-state index >= 15 is 0 Å². The molecule has 4 aliphatic rings. The largest absolute Gasteiger partial charge is 0.481 e. The van der Waals surface area contributed by atoms with Crippen molar-refractivity contribution in [3.8, 4) is 0 Å². The predicted octanol–water partition coefficient (Wildman–Crippen LogP) is 0.402. The summed E-state index contributed by atoms with van der Waals surface area (Å²) in [5, 5.41) is 24.3. The number of aliphatic imine (C=N–C) groups is 1. The number of carbonyl (C=O) groups excluding carboxylic acids is 3. The number of aliphatic carboxylic acids is 1. The molecule has 3 amide bonds. The molecular weight excluding hydrogens is 580 g/mol. The van der Waals surface area contributed by atoms with Gasteiger partial charge in [0.2, 0.25) is 5.91 Å². The molecule has 1 aromatic heterocycles. The molecular formula is C20H23ClN8O6S3. The van der Waals surface area contributed by atoms with Crippen LogP contribution in [-0.4, -0.2) is 89.2 Å². The number of fused-ring (bicyclic) bond motifs is 2. The summed E-state index contributed by atoms with van der Waals surface area (Å²) in [6.07, 6.45) is 1.77. The number of β-lactam (4-membered cyclic amide) rings is 1. The van der Waals surface area contributed by atoms with Gasteiger partial charge in [-0.3, -0.25) is 29.3 Å². The van der Waals surface area contributed by atoms with Crippen LogP contribution in [0.3, 0.4) is 0 Å². The highest BCUT2D eigenvalue weighted by Gasteiger charge is 2.60. The minimum Gasteiger partial charge on any atom is -0.481 e. The fourth-order valence-electron chi connectivity index (χ4n) is 4.32. The van der Waals surface area contributed by atoms with E-state index in [1.807, 2.05) is 0 Å². The van der Waals surface area contributed by atoms with E-state index in [1.54, 1.807) is 24.9 Å². The van der Waals surface area contributed by atoms with Gasteiger partial charge in [-0.25, -0.2) is 15.0 Å². The molecule has 2 fully saturated rings. The molecule has 1 aromatic rings. The molecule has 2 unspecified atom stereocenters. The SMILES string of the molecule is CC1=NC2=C(C)N(O)NN2C(SCC2(C(=O)O)CS[C@@H]3C(N(C(=O)C(N)=O)c4cscn4)C(=O)N3C2)=C1.Cl. The number of rotatable bonds is 6. The van der Waals surface area contributed by atoms with Crippen molar-refractivity contribution in [1.29, 1.82) is 0 Å². The van der Waals surface area contributed by atoms with Crippen LogP contribution in [0.15, 0.2) is 38.5 Å². The van der Waals surface area contributed by atoms with Crippen LogP contribution in [0.25, 0.3) is 0 Å². The number of hydrazine groups is 2. The summed E-state index contributed by atoms with van der Waals surface area (Å²) in [6.45, 7) is 3.42. The lowest BCUT2D eigenvalue weighted by Gasteiger charge is -2.55. The Balaban J connectivity index is 0.00000336. The Morgan fingerprint density at radius 2 is 2.11 bits per heavy atom. The number of thioether (sulfide) groups is 2. The summed E-state index contributed by atoms with van der Waals surface area (Å²) in [7, 11) is 0. The van der Waals surface area contributed by atoms with Crippen molar-refractivity contribution in [3.05, 3.63) is 33.5 Å². The molecule has 2 saturated heterocycles. The fraction of sp³-hybridized carbons (Fsp3) is 0.400. The number of primary amides is 1. The number of hydrogen-bond acceptors (Lipinski definition) is 13. The van der Waals surface area contributed by atoms with E-state index < -0.39 is 40.5 Å². The Morgan fingerprint density at radius 1 is 1.37 bits per heavy atom. The smallest absolute Gasteiger partial charge is 0.318 e. The third-order valence-electron chi connectivity index (χ3n) is 6.32. The lowest BCUT2D eigenvalue weighted by atomic mass is 9.89. The van der Waals surface area contributed by atoms with Gasteiger partial charge in [0.05, 0.1) is 10.5 Å². The van der Waals surface area contributed by atoms with Crippen LogP contribution in [0.5, 0.6) is 0 Å². The van der Waals surface area contributed by atoms with Crippen molar-refractivity contribution < 1.29 is 29.5 Å². The maximum Gasteiger partial charge on any atom is 0.318 e. The molecule has 14 nitrogen and oxygen atoms in total. The van der Waals surface area contributed by atoms with E-state index in [4.69, 9.17) is 5.73 Å². The van der Waals surface area contributed by atoms with Crippen LogP contribution >= 0.6 is 47.3 Å². The number of nitrogens with two attached hydrogens (primary N) is 1. The van der Waals surface area contributed by atoms with Gasteiger partial charge in [-0.05, 0) is 19.9 Å². The maximum atomic E-state index is 13.2. The van der Waals surface area contributed by atoms with Crippen molar-refractivity contribution in [2.75, 3.05) is 23.0 Å². The first-order chi connectivity index (χ1) is 17.5. The first kappa shape index (κ1) is 28.2. The van der Waals surface area contributed by atoms with Gasteiger partial charge in [0, 0.05) is 29.1 Å². The first-order valence-corrected chi connectivity index (χ1v) is 13.8. The summed E-state index contributed by atoms with van der Waals surface area (Å²) in [6, 6.07) is -1.01. The van der Waals surface area contributed by atoms with Crippen molar-refractivity contribution in [3.63, 3.8) is 0 Å². The summed E-state index contributed by atoms with van der Waals surface area (Å²) in [5.41, 5.74) is 9.33. The van der Waals surface area contributed by atoms with Gasteiger partial charge in [-0.2, -0.15) is 5.17 Å². The molecule has 204 valence electrons. The Labute approximate surface area is 234 Å². The number of hydroxylamine groups is 1. The molecule has 5 heterocycles. The molecule has 18 heteroatoms. The molecule has 0 saturated carbocycles. The van der Waals surface area contributed by atoms with E-state index in [9.17, 15) is 29.5 Å². The highest BCUT2D eigenvalue weighted by molar-refractivity contribution is 8.03. The molecule has 0 radical (unpaired) electrons. The Hall–Kier alpha value is -2.83. The van der Waals surface area contributed by atoms with Crippen LogP contribution in [0, 0.1) is 5.41 Å². The van der Waals surface area contributed by atoms with Crippen LogP contribution in [0.2, 0.25) is 0 Å². The zero-order valence-corrected chi connectivity index (χ0v) is 23.2. The second-order valence-electron chi connectivity index (χ2n) is 8.76. The number of anilines is 1. The topological polar surface area (TPSA) is 185 Å².